The molecule has 2 rings (SSSR count). The Hall–Kier alpha value is -1.58. The Kier molecular flexibility index (Phi) is 2.11. The van der Waals surface area contributed by atoms with Gasteiger partial charge in [0.2, 0.25) is 11.7 Å². The van der Waals surface area contributed by atoms with E-state index in [0.29, 0.717) is 11.7 Å². The van der Waals surface area contributed by atoms with Gasteiger partial charge in [-0.3, -0.25) is 4.40 Å². The average Bonchev–Trinajstić information content (AvgIpc) is 2.65. The molecule has 0 N–H and O–H groups in total. The van der Waals surface area contributed by atoms with Crippen LogP contribution in [0.2, 0.25) is 0 Å². The zero-order chi connectivity index (χ0) is 10.1. The third kappa shape index (κ3) is 1.14. The molecule has 0 unspecified atom stereocenters. The fourth-order valence-corrected chi connectivity index (χ4v) is 1.67. The van der Waals surface area contributed by atoms with Crippen molar-refractivity contribution >= 4 is 5.78 Å². The van der Waals surface area contributed by atoms with Crippen LogP contribution in [0.15, 0.2) is 12.4 Å². The van der Waals surface area contributed by atoms with Gasteiger partial charge in [-0.05, 0) is 13.3 Å². The summed E-state index contributed by atoms with van der Waals surface area (Å²) in [6.45, 7) is 4.15. The number of fused-ring (bicyclic) bond motifs is 1. The van der Waals surface area contributed by atoms with Crippen molar-refractivity contribution in [3.05, 3.63) is 23.7 Å². The Morgan fingerprint density at radius 1 is 1.50 bits per heavy atom. The Balaban J connectivity index is 2.79. The first-order valence-corrected chi connectivity index (χ1v) is 4.64. The molecular formula is C10H13N3O. The summed E-state index contributed by atoms with van der Waals surface area (Å²) in [6.07, 6.45) is 4.57. The minimum Gasteiger partial charge on any atom is -0.481 e. The van der Waals surface area contributed by atoms with E-state index < -0.39 is 0 Å². The summed E-state index contributed by atoms with van der Waals surface area (Å²) in [7, 11) is 1.64. The smallest absolute Gasteiger partial charge is 0.237 e. The van der Waals surface area contributed by atoms with Crippen LogP contribution in [-0.4, -0.2) is 21.5 Å². The molecule has 0 fully saturated rings. The molecular weight excluding hydrogens is 178 g/mol. The van der Waals surface area contributed by atoms with Crippen molar-refractivity contribution in [1.82, 2.24) is 14.4 Å². The minimum atomic E-state index is 0.684. The zero-order valence-electron chi connectivity index (χ0n) is 8.61. The van der Waals surface area contributed by atoms with Crippen molar-refractivity contribution in [1.29, 1.82) is 0 Å². The topological polar surface area (TPSA) is 39.4 Å². The lowest BCUT2D eigenvalue weighted by molar-refractivity contribution is 0.392. The Bertz CT molecular complexity index is 462. The highest BCUT2D eigenvalue weighted by molar-refractivity contribution is 5.41. The molecule has 0 aliphatic rings. The van der Waals surface area contributed by atoms with Crippen molar-refractivity contribution < 1.29 is 4.74 Å². The minimum absolute atomic E-state index is 0.684. The molecule has 74 valence electrons. The van der Waals surface area contributed by atoms with Gasteiger partial charge in [-0.1, -0.05) is 6.92 Å². The van der Waals surface area contributed by atoms with Crippen LogP contribution in [0.5, 0.6) is 5.88 Å². The highest BCUT2D eigenvalue weighted by atomic mass is 16.5. The molecule has 0 aliphatic carbocycles. The number of nitrogens with zero attached hydrogens (tertiary/aromatic N) is 3. The number of imidazole rings is 1. The predicted molar refractivity (Wildman–Crippen MR) is 53.7 cm³/mol. The molecule has 14 heavy (non-hydrogen) atoms. The third-order valence-corrected chi connectivity index (χ3v) is 2.43. The molecule has 2 heterocycles. The summed E-state index contributed by atoms with van der Waals surface area (Å²) >= 11 is 0. The standard InChI is InChI=1S/C10H13N3O/c1-4-8-7(2)13-6-5-11-10(13)12-9(8)14-3/h5-6H,4H2,1-3H3. The van der Waals surface area contributed by atoms with E-state index in [4.69, 9.17) is 4.74 Å². The second-order valence-corrected chi connectivity index (χ2v) is 3.14. The summed E-state index contributed by atoms with van der Waals surface area (Å²) in [5.41, 5.74) is 2.28. The normalized spacial score (nSPS) is 10.8. The number of hydrogen-bond acceptors (Lipinski definition) is 3. The number of aromatic nitrogens is 3. The quantitative estimate of drug-likeness (QED) is 0.724. The van der Waals surface area contributed by atoms with Crippen molar-refractivity contribution in [2.24, 2.45) is 0 Å². The summed E-state index contributed by atoms with van der Waals surface area (Å²) in [5.74, 6) is 1.38. The second-order valence-electron chi connectivity index (χ2n) is 3.14. The van der Waals surface area contributed by atoms with Crippen LogP contribution in [0.4, 0.5) is 0 Å². The van der Waals surface area contributed by atoms with E-state index in [9.17, 15) is 0 Å². The van der Waals surface area contributed by atoms with E-state index in [1.807, 2.05) is 10.6 Å². The van der Waals surface area contributed by atoms with E-state index in [1.54, 1.807) is 13.3 Å². The average molecular weight is 191 g/mol. The number of aryl methyl sites for hydroxylation is 1. The number of methoxy groups -OCH3 is 1. The van der Waals surface area contributed by atoms with Crippen molar-refractivity contribution in [2.75, 3.05) is 7.11 Å². The van der Waals surface area contributed by atoms with Gasteiger partial charge in [0.25, 0.3) is 0 Å². The van der Waals surface area contributed by atoms with Crippen LogP contribution in [-0.2, 0) is 6.42 Å². The van der Waals surface area contributed by atoms with Gasteiger partial charge in [0.05, 0.1) is 7.11 Å². The van der Waals surface area contributed by atoms with E-state index >= 15 is 0 Å². The van der Waals surface area contributed by atoms with Gasteiger partial charge in [-0.2, -0.15) is 4.98 Å². The Morgan fingerprint density at radius 2 is 2.29 bits per heavy atom. The molecule has 0 amide bonds. The van der Waals surface area contributed by atoms with Gasteiger partial charge in [0, 0.05) is 23.7 Å². The molecule has 0 saturated heterocycles. The van der Waals surface area contributed by atoms with Crippen LogP contribution < -0.4 is 4.74 Å². The lowest BCUT2D eigenvalue weighted by Crippen LogP contribution is -2.03. The molecule has 2 aromatic heterocycles. The van der Waals surface area contributed by atoms with Crippen molar-refractivity contribution in [2.45, 2.75) is 20.3 Å². The fraction of sp³-hybridized carbons (Fsp3) is 0.400. The van der Waals surface area contributed by atoms with Crippen LogP contribution in [0.25, 0.3) is 5.78 Å². The molecule has 0 bridgehead atoms. The number of ether oxygens (including phenoxy) is 1. The van der Waals surface area contributed by atoms with Gasteiger partial charge in [0.15, 0.2) is 0 Å². The van der Waals surface area contributed by atoms with Gasteiger partial charge >= 0.3 is 0 Å². The monoisotopic (exact) mass is 191 g/mol. The summed E-state index contributed by atoms with van der Waals surface area (Å²) in [5, 5.41) is 0. The Labute approximate surface area is 82.6 Å². The zero-order valence-corrected chi connectivity index (χ0v) is 8.61. The molecule has 0 aliphatic heterocycles. The Morgan fingerprint density at radius 3 is 2.93 bits per heavy atom. The lowest BCUT2D eigenvalue weighted by atomic mass is 10.2. The lowest BCUT2D eigenvalue weighted by Gasteiger charge is -2.10. The molecule has 0 spiro atoms. The van der Waals surface area contributed by atoms with Gasteiger partial charge in [0.1, 0.15) is 0 Å². The maximum Gasteiger partial charge on any atom is 0.237 e. The maximum atomic E-state index is 5.23. The van der Waals surface area contributed by atoms with Crippen molar-refractivity contribution in [3.63, 3.8) is 0 Å². The van der Waals surface area contributed by atoms with Gasteiger partial charge in [-0.15, -0.1) is 0 Å². The van der Waals surface area contributed by atoms with Crippen molar-refractivity contribution in [3.8, 4) is 5.88 Å². The van der Waals surface area contributed by atoms with E-state index in [0.717, 1.165) is 17.7 Å². The molecule has 4 nitrogen and oxygen atoms in total. The number of rotatable bonds is 2. The molecule has 2 aromatic rings. The summed E-state index contributed by atoms with van der Waals surface area (Å²) in [4.78, 5) is 8.45. The van der Waals surface area contributed by atoms with E-state index in [-0.39, 0.29) is 0 Å². The van der Waals surface area contributed by atoms with E-state index in [2.05, 4.69) is 23.8 Å². The third-order valence-electron chi connectivity index (χ3n) is 2.43. The van der Waals surface area contributed by atoms with E-state index in [1.165, 1.54) is 0 Å². The second kappa shape index (κ2) is 3.29. The molecule has 0 radical (unpaired) electrons. The SMILES string of the molecule is CCc1c(OC)nc2nccn2c1C. The highest BCUT2D eigenvalue weighted by Gasteiger charge is 2.10. The first-order valence-electron chi connectivity index (χ1n) is 4.64. The molecule has 0 atom stereocenters. The molecule has 0 aromatic carbocycles. The highest BCUT2D eigenvalue weighted by Crippen LogP contribution is 2.20. The van der Waals surface area contributed by atoms with Crippen LogP contribution in [0.3, 0.4) is 0 Å². The first kappa shape index (κ1) is 8.99. The molecule has 4 heteroatoms. The van der Waals surface area contributed by atoms with Gasteiger partial charge in [-0.25, -0.2) is 4.98 Å². The van der Waals surface area contributed by atoms with Crippen LogP contribution in [0, 0.1) is 6.92 Å². The van der Waals surface area contributed by atoms with Crippen LogP contribution >= 0.6 is 0 Å². The maximum absolute atomic E-state index is 5.23. The molecule has 0 saturated carbocycles. The fourth-order valence-electron chi connectivity index (χ4n) is 1.67. The van der Waals surface area contributed by atoms with Gasteiger partial charge < -0.3 is 4.74 Å². The van der Waals surface area contributed by atoms with Crippen LogP contribution in [0.1, 0.15) is 18.2 Å². The summed E-state index contributed by atoms with van der Waals surface area (Å²) in [6, 6.07) is 0. The first-order chi connectivity index (χ1) is 6.77. The predicted octanol–water partition coefficient (Wildman–Crippen LogP) is 1.61. The summed E-state index contributed by atoms with van der Waals surface area (Å²) < 4.78 is 7.20. The largest absolute Gasteiger partial charge is 0.481 e. The number of hydrogen-bond donors (Lipinski definition) is 0.